The molecule has 0 spiro atoms. The summed E-state index contributed by atoms with van der Waals surface area (Å²) in [6.07, 6.45) is 1.82. The maximum absolute atomic E-state index is 13.4. The Morgan fingerprint density at radius 1 is 1.16 bits per heavy atom. The fourth-order valence-corrected chi connectivity index (χ4v) is 3.77. The van der Waals surface area contributed by atoms with E-state index in [-0.39, 0.29) is 6.79 Å². The molecule has 0 unspecified atom stereocenters. The van der Waals surface area contributed by atoms with E-state index in [1.54, 1.807) is 18.2 Å². The summed E-state index contributed by atoms with van der Waals surface area (Å²) in [5.74, 6) is -0.424. The van der Waals surface area contributed by atoms with Crippen LogP contribution < -0.4 is 20.1 Å². The minimum absolute atomic E-state index is 0.110. The minimum Gasteiger partial charge on any atom is -0.454 e. The van der Waals surface area contributed by atoms with Crippen molar-refractivity contribution in [3.8, 4) is 11.5 Å². The second kappa shape index (κ2) is 8.25. The molecule has 1 atom stereocenters. The van der Waals surface area contributed by atoms with Crippen molar-refractivity contribution in [2.24, 2.45) is 0 Å². The highest BCUT2D eigenvalue weighted by Gasteiger charge is 2.52. The lowest BCUT2D eigenvalue weighted by Crippen LogP contribution is -2.44. The molecule has 4 rings (SSSR count). The van der Waals surface area contributed by atoms with E-state index in [0.717, 1.165) is 11.3 Å². The smallest absolute Gasteiger partial charge is 0.325 e. The molecular weight excluding hydrogens is 405 g/mol. The number of rotatable bonds is 7. The normalized spacial score (nSPS) is 19.5. The molecule has 1 saturated heterocycles. The molecule has 4 amide bonds. The number of nitrogens with one attached hydrogen (secondary N) is 2. The second-order valence-corrected chi connectivity index (χ2v) is 7.45. The van der Waals surface area contributed by atoms with Crippen LogP contribution in [-0.2, 0) is 15.1 Å². The first-order valence-electron chi connectivity index (χ1n) is 10.0. The van der Waals surface area contributed by atoms with Gasteiger partial charge in [0.1, 0.15) is 17.9 Å². The average Bonchev–Trinajstić information content (AvgIpc) is 3.31. The Morgan fingerprint density at radius 3 is 2.65 bits per heavy atom. The Labute approximate surface area is 178 Å². The highest BCUT2D eigenvalue weighted by Crippen LogP contribution is 2.35. The van der Waals surface area contributed by atoms with Gasteiger partial charge in [-0.3, -0.25) is 14.5 Å². The molecule has 2 aromatic carbocycles. The lowest BCUT2D eigenvalue weighted by molar-refractivity contribution is -0.134. The van der Waals surface area contributed by atoms with Gasteiger partial charge < -0.3 is 20.1 Å². The van der Waals surface area contributed by atoms with Crippen LogP contribution in [-0.4, -0.2) is 36.1 Å². The number of anilines is 1. The molecule has 31 heavy (non-hydrogen) atoms. The maximum Gasteiger partial charge on any atom is 0.325 e. The van der Waals surface area contributed by atoms with Crippen LogP contribution in [0.2, 0.25) is 0 Å². The number of benzene rings is 2. The Kier molecular flexibility index (Phi) is 5.50. The molecule has 0 radical (unpaired) electrons. The van der Waals surface area contributed by atoms with Gasteiger partial charge in [0.05, 0.1) is 0 Å². The quantitative estimate of drug-likeness (QED) is 0.662. The van der Waals surface area contributed by atoms with Gasteiger partial charge in [-0.15, -0.1) is 0 Å². The minimum atomic E-state index is -1.32. The van der Waals surface area contributed by atoms with Gasteiger partial charge in [-0.1, -0.05) is 31.9 Å². The Bertz CT molecular complexity index is 1030. The summed E-state index contributed by atoms with van der Waals surface area (Å²) in [4.78, 5) is 39.4. The molecule has 2 aromatic rings. The zero-order valence-corrected chi connectivity index (χ0v) is 16.9. The second-order valence-electron chi connectivity index (χ2n) is 7.45. The predicted molar refractivity (Wildman–Crippen MR) is 109 cm³/mol. The molecule has 8 nitrogen and oxygen atoms in total. The standard InChI is InChI=1S/C22H22FN3O5/c1-2-3-10-22(14-4-6-15(23)7-5-14)20(28)26(21(29)25-22)12-19(27)24-16-8-9-17-18(11-16)31-13-30-17/h4-9,11H,2-3,10,12-13H2,1H3,(H,24,27)(H,25,29)/t22-/m0/s1. The molecule has 1 fully saturated rings. The van der Waals surface area contributed by atoms with Crippen LogP contribution in [0.3, 0.4) is 0 Å². The van der Waals surface area contributed by atoms with Crippen LogP contribution in [0.5, 0.6) is 11.5 Å². The molecule has 0 aromatic heterocycles. The number of halogens is 1. The van der Waals surface area contributed by atoms with Crippen molar-refractivity contribution in [2.45, 2.75) is 31.7 Å². The van der Waals surface area contributed by atoms with Gasteiger partial charge in [0, 0.05) is 11.8 Å². The van der Waals surface area contributed by atoms with Gasteiger partial charge in [-0.2, -0.15) is 0 Å². The predicted octanol–water partition coefficient (Wildman–Crippen LogP) is 3.13. The zero-order chi connectivity index (χ0) is 22.0. The summed E-state index contributed by atoms with van der Waals surface area (Å²) < 4.78 is 23.9. The van der Waals surface area contributed by atoms with Crippen LogP contribution in [0.15, 0.2) is 42.5 Å². The summed E-state index contributed by atoms with van der Waals surface area (Å²) in [7, 11) is 0. The number of ether oxygens (including phenoxy) is 2. The van der Waals surface area contributed by atoms with Crippen molar-refractivity contribution in [1.29, 1.82) is 0 Å². The Morgan fingerprint density at radius 2 is 1.90 bits per heavy atom. The number of carbonyl (C=O) groups excluding carboxylic acids is 3. The molecule has 0 aliphatic carbocycles. The third-order valence-electron chi connectivity index (χ3n) is 5.38. The average molecular weight is 427 g/mol. The molecule has 2 N–H and O–H groups in total. The fraction of sp³-hybridized carbons (Fsp3) is 0.318. The van der Waals surface area contributed by atoms with Crippen molar-refractivity contribution < 1.29 is 28.2 Å². The van der Waals surface area contributed by atoms with Crippen molar-refractivity contribution in [3.05, 3.63) is 53.8 Å². The van der Waals surface area contributed by atoms with E-state index in [4.69, 9.17) is 9.47 Å². The summed E-state index contributed by atoms with van der Waals surface area (Å²) in [5, 5.41) is 5.40. The molecule has 0 saturated carbocycles. The summed E-state index contributed by atoms with van der Waals surface area (Å²) in [6.45, 7) is 1.63. The molecule has 2 aliphatic rings. The number of amides is 4. The topological polar surface area (TPSA) is 97.0 Å². The number of unbranched alkanes of at least 4 members (excludes halogenated alkanes) is 1. The van der Waals surface area contributed by atoms with Crippen molar-refractivity contribution in [1.82, 2.24) is 10.2 Å². The first kappa shape index (κ1) is 20.6. The van der Waals surface area contributed by atoms with Crippen LogP contribution in [0.1, 0.15) is 31.7 Å². The molecule has 0 bridgehead atoms. The number of hydrogen-bond acceptors (Lipinski definition) is 5. The van der Waals surface area contributed by atoms with Crippen molar-refractivity contribution in [2.75, 3.05) is 18.7 Å². The summed E-state index contributed by atoms with van der Waals surface area (Å²) in [6, 6.07) is 9.72. The third kappa shape index (κ3) is 3.90. The number of fused-ring (bicyclic) bond motifs is 1. The maximum atomic E-state index is 13.4. The highest BCUT2D eigenvalue weighted by molar-refractivity contribution is 6.10. The molecule has 2 heterocycles. The van der Waals surface area contributed by atoms with E-state index in [2.05, 4.69) is 10.6 Å². The number of imide groups is 1. The fourth-order valence-electron chi connectivity index (χ4n) is 3.77. The number of carbonyl (C=O) groups is 3. The third-order valence-corrected chi connectivity index (χ3v) is 5.38. The molecular formula is C22H22FN3O5. The van der Waals surface area contributed by atoms with Gasteiger partial charge in [0.2, 0.25) is 12.7 Å². The zero-order valence-electron chi connectivity index (χ0n) is 16.9. The summed E-state index contributed by atoms with van der Waals surface area (Å²) in [5.41, 5.74) is -0.378. The highest BCUT2D eigenvalue weighted by atomic mass is 19.1. The largest absolute Gasteiger partial charge is 0.454 e. The van der Waals surface area contributed by atoms with E-state index in [0.29, 0.717) is 35.6 Å². The first-order chi connectivity index (χ1) is 14.9. The van der Waals surface area contributed by atoms with E-state index in [1.807, 2.05) is 6.92 Å². The lowest BCUT2D eigenvalue weighted by atomic mass is 9.85. The van der Waals surface area contributed by atoms with E-state index in [9.17, 15) is 18.8 Å². The van der Waals surface area contributed by atoms with E-state index < -0.39 is 35.7 Å². The molecule has 162 valence electrons. The number of hydrogen-bond donors (Lipinski definition) is 2. The van der Waals surface area contributed by atoms with Crippen LogP contribution in [0.25, 0.3) is 0 Å². The van der Waals surface area contributed by atoms with Gasteiger partial charge >= 0.3 is 6.03 Å². The van der Waals surface area contributed by atoms with Crippen molar-refractivity contribution >= 4 is 23.5 Å². The van der Waals surface area contributed by atoms with Crippen LogP contribution in [0, 0.1) is 5.82 Å². The summed E-state index contributed by atoms with van der Waals surface area (Å²) >= 11 is 0. The number of urea groups is 1. The van der Waals surface area contributed by atoms with Gasteiger partial charge in [-0.05, 0) is 36.2 Å². The Hall–Kier alpha value is -3.62. The molecule has 2 aliphatic heterocycles. The Balaban J connectivity index is 1.52. The van der Waals surface area contributed by atoms with Gasteiger partial charge in [-0.25, -0.2) is 9.18 Å². The van der Waals surface area contributed by atoms with Crippen molar-refractivity contribution in [3.63, 3.8) is 0 Å². The van der Waals surface area contributed by atoms with E-state index >= 15 is 0 Å². The first-order valence-corrected chi connectivity index (χ1v) is 10.0. The van der Waals surface area contributed by atoms with E-state index in [1.165, 1.54) is 24.3 Å². The monoisotopic (exact) mass is 427 g/mol. The SMILES string of the molecule is CCCC[C@@]1(c2ccc(F)cc2)NC(=O)N(CC(=O)Nc2ccc3c(c2)OCO3)C1=O. The molecule has 9 heteroatoms. The number of nitrogens with zero attached hydrogens (tertiary/aromatic N) is 1. The lowest BCUT2D eigenvalue weighted by Gasteiger charge is -2.27. The van der Waals surface area contributed by atoms with Gasteiger partial charge in [0.15, 0.2) is 11.5 Å². The van der Waals surface area contributed by atoms with Crippen LogP contribution in [0.4, 0.5) is 14.9 Å². The van der Waals surface area contributed by atoms with Crippen LogP contribution >= 0.6 is 0 Å². The van der Waals surface area contributed by atoms with Gasteiger partial charge in [0.25, 0.3) is 5.91 Å².